The van der Waals surface area contributed by atoms with Crippen LogP contribution in [0.15, 0.2) is 52.9 Å². The number of rotatable bonds is 7. The van der Waals surface area contributed by atoms with Crippen molar-refractivity contribution in [2.75, 3.05) is 10.6 Å². The summed E-state index contributed by atoms with van der Waals surface area (Å²) in [6.07, 6.45) is 0. The molecule has 1 aromatic heterocycles. The van der Waals surface area contributed by atoms with Crippen molar-refractivity contribution < 1.29 is 4.79 Å². The number of thioether (sulfide) groups is 1. The van der Waals surface area contributed by atoms with E-state index in [-0.39, 0.29) is 11.2 Å². The van der Waals surface area contributed by atoms with E-state index in [2.05, 4.69) is 40.7 Å². The first-order valence-corrected chi connectivity index (χ1v) is 10.9. The lowest BCUT2D eigenvalue weighted by Gasteiger charge is -2.18. The molecule has 0 unspecified atom stereocenters. The molecular weight excluding hydrogens is 388 g/mol. The zero-order valence-electron chi connectivity index (χ0n) is 16.4. The van der Waals surface area contributed by atoms with E-state index >= 15 is 0 Å². The van der Waals surface area contributed by atoms with E-state index in [1.54, 1.807) is 0 Å². The van der Waals surface area contributed by atoms with Crippen molar-refractivity contribution in [1.82, 2.24) is 10.2 Å². The minimum atomic E-state index is -0.280. The summed E-state index contributed by atoms with van der Waals surface area (Å²) in [6.45, 7) is 8.17. The van der Waals surface area contributed by atoms with Crippen LogP contribution in [0.1, 0.15) is 37.8 Å². The smallest absolute Gasteiger partial charge is 0.237 e. The lowest BCUT2D eigenvalue weighted by Crippen LogP contribution is -2.23. The van der Waals surface area contributed by atoms with Gasteiger partial charge in [0.25, 0.3) is 0 Å². The maximum Gasteiger partial charge on any atom is 0.237 e. The molecule has 3 aromatic rings. The molecule has 28 heavy (non-hydrogen) atoms. The zero-order valence-corrected chi connectivity index (χ0v) is 18.0. The van der Waals surface area contributed by atoms with Gasteiger partial charge in [-0.25, -0.2) is 0 Å². The molecule has 0 spiro atoms. The molecule has 0 aliphatic rings. The average Bonchev–Trinajstić information content (AvgIpc) is 3.10. The molecule has 3 rings (SSSR count). The third kappa shape index (κ3) is 5.11. The first kappa shape index (κ1) is 20.4. The fourth-order valence-electron chi connectivity index (χ4n) is 2.72. The molecule has 0 saturated carbocycles. The summed E-state index contributed by atoms with van der Waals surface area (Å²) in [7, 11) is 0. The zero-order chi connectivity index (χ0) is 20.1. The van der Waals surface area contributed by atoms with Crippen molar-refractivity contribution in [2.24, 2.45) is 0 Å². The fraction of sp³-hybridized carbons (Fsp3) is 0.286. The molecule has 7 heteroatoms. The minimum absolute atomic E-state index is 0.0334. The van der Waals surface area contributed by atoms with Gasteiger partial charge in [-0.3, -0.25) is 4.79 Å². The van der Waals surface area contributed by atoms with Crippen LogP contribution in [0.2, 0.25) is 0 Å². The van der Waals surface area contributed by atoms with Gasteiger partial charge in [-0.1, -0.05) is 73.3 Å². The van der Waals surface area contributed by atoms with Gasteiger partial charge in [0.15, 0.2) is 4.34 Å². The van der Waals surface area contributed by atoms with Crippen LogP contribution < -0.4 is 10.6 Å². The SMILES string of the molecule is Cc1cccc(C(C)C)c1NC(=O)[C@H](C)Sc1nnc(Nc2ccccc2)s1. The number of para-hydroxylation sites is 2. The summed E-state index contributed by atoms with van der Waals surface area (Å²) in [5, 5.41) is 15.1. The van der Waals surface area contributed by atoms with E-state index in [0.717, 1.165) is 26.8 Å². The molecule has 146 valence electrons. The lowest BCUT2D eigenvalue weighted by atomic mass is 9.98. The Morgan fingerprint density at radius 1 is 1.04 bits per heavy atom. The Labute approximate surface area is 174 Å². The number of aryl methyl sites for hydroxylation is 1. The minimum Gasteiger partial charge on any atom is -0.330 e. The van der Waals surface area contributed by atoms with Gasteiger partial charge in [0.2, 0.25) is 11.0 Å². The van der Waals surface area contributed by atoms with Crippen molar-refractivity contribution in [2.45, 2.75) is 43.2 Å². The summed E-state index contributed by atoms with van der Waals surface area (Å²) in [6, 6.07) is 15.9. The van der Waals surface area contributed by atoms with E-state index in [9.17, 15) is 4.79 Å². The van der Waals surface area contributed by atoms with Crippen LogP contribution in [0.3, 0.4) is 0 Å². The first-order chi connectivity index (χ1) is 13.4. The van der Waals surface area contributed by atoms with Crippen LogP contribution in [0.4, 0.5) is 16.5 Å². The Bertz CT molecular complexity index is 941. The number of anilines is 3. The van der Waals surface area contributed by atoms with Crippen molar-refractivity contribution in [3.8, 4) is 0 Å². The highest BCUT2D eigenvalue weighted by Gasteiger charge is 2.20. The summed E-state index contributed by atoms with van der Waals surface area (Å²) in [5.41, 5.74) is 4.10. The van der Waals surface area contributed by atoms with E-state index < -0.39 is 0 Å². The maximum atomic E-state index is 12.8. The number of nitrogens with zero attached hydrogens (tertiary/aromatic N) is 2. The van der Waals surface area contributed by atoms with Crippen molar-refractivity contribution in [3.05, 3.63) is 59.7 Å². The molecule has 2 N–H and O–H groups in total. The highest BCUT2D eigenvalue weighted by atomic mass is 32.2. The predicted molar refractivity (Wildman–Crippen MR) is 119 cm³/mol. The number of benzene rings is 2. The van der Waals surface area contributed by atoms with Crippen LogP contribution in [0.25, 0.3) is 0 Å². The second kappa shape index (κ2) is 9.21. The number of hydrogen-bond acceptors (Lipinski definition) is 6. The molecule has 1 heterocycles. The number of hydrogen-bond donors (Lipinski definition) is 2. The Morgan fingerprint density at radius 3 is 2.50 bits per heavy atom. The standard InChI is InChI=1S/C21H24N4OS2/c1-13(2)17-12-8-9-14(3)18(17)23-19(26)15(4)27-21-25-24-20(28-21)22-16-10-6-5-7-11-16/h5-13,15H,1-4H3,(H,22,24)(H,23,26)/t15-/m0/s1. The van der Waals surface area contributed by atoms with Crippen LogP contribution in [-0.4, -0.2) is 21.4 Å². The maximum absolute atomic E-state index is 12.8. The van der Waals surface area contributed by atoms with Gasteiger partial charge in [-0.05, 0) is 43.0 Å². The number of aromatic nitrogens is 2. The Morgan fingerprint density at radius 2 is 1.79 bits per heavy atom. The quantitative estimate of drug-likeness (QED) is 0.478. The third-order valence-corrected chi connectivity index (χ3v) is 6.28. The first-order valence-electron chi connectivity index (χ1n) is 9.16. The van der Waals surface area contributed by atoms with E-state index in [4.69, 9.17) is 0 Å². The summed E-state index contributed by atoms with van der Waals surface area (Å²) >= 11 is 2.86. The molecule has 0 saturated heterocycles. The molecule has 1 amide bonds. The largest absolute Gasteiger partial charge is 0.330 e. The lowest BCUT2D eigenvalue weighted by molar-refractivity contribution is -0.115. The Balaban J connectivity index is 1.64. The van der Waals surface area contributed by atoms with Gasteiger partial charge >= 0.3 is 0 Å². The van der Waals surface area contributed by atoms with E-state index in [1.165, 1.54) is 23.1 Å². The monoisotopic (exact) mass is 412 g/mol. The van der Waals surface area contributed by atoms with Crippen LogP contribution >= 0.6 is 23.1 Å². The normalized spacial score (nSPS) is 12.0. The van der Waals surface area contributed by atoms with Gasteiger partial charge < -0.3 is 10.6 Å². The van der Waals surface area contributed by atoms with Crippen molar-refractivity contribution in [3.63, 3.8) is 0 Å². The average molecular weight is 413 g/mol. The van der Waals surface area contributed by atoms with Crippen molar-refractivity contribution in [1.29, 1.82) is 0 Å². The highest BCUT2D eigenvalue weighted by molar-refractivity contribution is 8.02. The molecule has 0 aliphatic carbocycles. The van der Waals surface area contributed by atoms with Crippen LogP contribution in [0, 0.1) is 6.92 Å². The number of carbonyl (C=O) groups excluding carboxylic acids is 1. The second-order valence-electron chi connectivity index (χ2n) is 6.81. The number of amides is 1. The third-order valence-electron chi connectivity index (χ3n) is 4.25. The summed E-state index contributed by atoms with van der Waals surface area (Å²) < 4.78 is 0.759. The molecular formula is C21H24N4OS2. The van der Waals surface area contributed by atoms with Gasteiger partial charge in [0.05, 0.1) is 5.25 Å². The summed E-state index contributed by atoms with van der Waals surface area (Å²) in [5.74, 6) is 0.307. The molecule has 0 aliphatic heterocycles. The predicted octanol–water partition coefficient (Wildman–Crippen LogP) is 5.83. The Kier molecular flexibility index (Phi) is 6.70. The topological polar surface area (TPSA) is 66.9 Å². The van der Waals surface area contributed by atoms with Gasteiger partial charge in [-0.15, -0.1) is 10.2 Å². The molecule has 1 atom stereocenters. The van der Waals surface area contributed by atoms with E-state index in [1.807, 2.05) is 56.3 Å². The molecule has 0 bridgehead atoms. The van der Waals surface area contributed by atoms with Crippen LogP contribution in [0.5, 0.6) is 0 Å². The van der Waals surface area contributed by atoms with Crippen LogP contribution in [-0.2, 0) is 4.79 Å². The van der Waals surface area contributed by atoms with Crippen molar-refractivity contribution >= 4 is 45.5 Å². The Hall–Kier alpha value is -2.38. The molecule has 5 nitrogen and oxygen atoms in total. The molecule has 0 fully saturated rings. The fourth-order valence-corrected chi connectivity index (χ4v) is 4.64. The van der Waals surface area contributed by atoms with Gasteiger partial charge in [0, 0.05) is 11.4 Å². The van der Waals surface area contributed by atoms with Gasteiger partial charge in [-0.2, -0.15) is 0 Å². The number of carbonyl (C=O) groups is 1. The van der Waals surface area contributed by atoms with Gasteiger partial charge in [0.1, 0.15) is 0 Å². The second-order valence-corrected chi connectivity index (χ2v) is 9.37. The summed E-state index contributed by atoms with van der Waals surface area (Å²) in [4.78, 5) is 12.8. The highest BCUT2D eigenvalue weighted by Crippen LogP contribution is 2.32. The van der Waals surface area contributed by atoms with E-state index in [0.29, 0.717) is 11.0 Å². The molecule has 2 aromatic carbocycles. The molecule has 0 radical (unpaired) electrons. The number of nitrogens with one attached hydrogen (secondary N) is 2.